The third-order valence-electron chi connectivity index (χ3n) is 4.86. The molecule has 0 fully saturated rings. The van der Waals surface area contributed by atoms with Gasteiger partial charge in [-0.3, -0.25) is 4.79 Å². The smallest absolute Gasteiger partial charge is 0.248 e. The highest BCUT2D eigenvalue weighted by Crippen LogP contribution is 2.34. The molecule has 3 rings (SSSR count). The Morgan fingerprint density at radius 2 is 2.04 bits per heavy atom. The van der Waals surface area contributed by atoms with Crippen molar-refractivity contribution >= 4 is 38.3 Å². The van der Waals surface area contributed by atoms with Gasteiger partial charge in [0.15, 0.2) is 5.78 Å². The van der Waals surface area contributed by atoms with Crippen LogP contribution in [0.25, 0.3) is 10.9 Å². The number of para-hydroxylation sites is 1. The number of halogens is 2. The molecule has 1 aromatic carbocycles. The van der Waals surface area contributed by atoms with Gasteiger partial charge in [0.25, 0.3) is 0 Å². The lowest BCUT2D eigenvalue weighted by Gasteiger charge is -2.27. The van der Waals surface area contributed by atoms with Crippen LogP contribution in [0.5, 0.6) is 0 Å². The highest BCUT2D eigenvalue weighted by Gasteiger charge is 2.40. The van der Waals surface area contributed by atoms with E-state index in [1.165, 1.54) is 25.3 Å². The van der Waals surface area contributed by atoms with Crippen LogP contribution in [-0.4, -0.2) is 28.8 Å². The first-order valence-electron chi connectivity index (χ1n) is 8.79. The van der Waals surface area contributed by atoms with E-state index in [1.54, 1.807) is 24.3 Å². The Morgan fingerprint density at radius 1 is 1.30 bits per heavy atom. The van der Waals surface area contributed by atoms with Crippen molar-refractivity contribution in [2.45, 2.75) is 37.4 Å². The summed E-state index contributed by atoms with van der Waals surface area (Å²) in [5.41, 5.74) is 0.783. The fourth-order valence-corrected chi connectivity index (χ4v) is 5.16. The van der Waals surface area contributed by atoms with E-state index in [0.29, 0.717) is 35.2 Å². The monoisotopic (exact) mass is 409 g/mol. The van der Waals surface area contributed by atoms with Crippen LogP contribution in [0.15, 0.2) is 54.5 Å². The number of Topliss-reactive ketones (excluding diaryl/α,β-unsaturated/α-hetero) is 1. The molecule has 1 atom stereocenters. The van der Waals surface area contributed by atoms with Gasteiger partial charge in [0, 0.05) is 29.4 Å². The van der Waals surface area contributed by atoms with Gasteiger partial charge >= 0.3 is 0 Å². The predicted octanol–water partition coefficient (Wildman–Crippen LogP) is 4.98. The zero-order valence-corrected chi connectivity index (χ0v) is 16.6. The quantitative estimate of drug-likeness (QED) is 0.368. The van der Waals surface area contributed by atoms with Gasteiger partial charge in [0.05, 0.1) is 5.52 Å². The molecule has 27 heavy (non-hydrogen) atoms. The Balaban J connectivity index is 2.10. The largest absolute Gasteiger partial charge is 0.294 e. The molecule has 1 aliphatic rings. The van der Waals surface area contributed by atoms with Gasteiger partial charge in [-0.15, -0.1) is 11.6 Å². The van der Waals surface area contributed by atoms with Gasteiger partial charge in [-0.2, -0.15) is 0 Å². The van der Waals surface area contributed by atoms with Gasteiger partial charge in [0.2, 0.25) is 10.0 Å². The number of carbonyl (C=O) groups is 1. The number of nitrogens with zero attached hydrogens (tertiary/aromatic N) is 1. The van der Waals surface area contributed by atoms with Crippen molar-refractivity contribution in [3.8, 4) is 0 Å². The Morgan fingerprint density at radius 3 is 2.74 bits per heavy atom. The lowest BCUT2D eigenvalue weighted by atomic mass is 10.0. The molecule has 0 amide bonds. The molecule has 0 bridgehead atoms. The minimum Gasteiger partial charge on any atom is -0.294 e. The summed E-state index contributed by atoms with van der Waals surface area (Å²) in [7, 11) is -3.98. The molecule has 0 aliphatic heterocycles. The predicted molar refractivity (Wildman–Crippen MR) is 107 cm³/mol. The highest BCUT2D eigenvalue weighted by molar-refractivity contribution is 7.91. The maximum absolute atomic E-state index is 13.8. The van der Waals surface area contributed by atoms with Crippen LogP contribution >= 0.6 is 11.6 Å². The van der Waals surface area contributed by atoms with Crippen LogP contribution in [-0.2, 0) is 10.0 Å². The maximum atomic E-state index is 13.8. The third kappa shape index (κ3) is 3.60. The molecule has 2 aromatic rings. The van der Waals surface area contributed by atoms with Crippen molar-refractivity contribution in [1.29, 1.82) is 0 Å². The van der Waals surface area contributed by atoms with E-state index in [9.17, 15) is 17.6 Å². The summed E-state index contributed by atoms with van der Waals surface area (Å²) in [5, 5.41) is 0.580. The van der Waals surface area contributed by atoms with Crippen LogP contribution < -0.4 is 0 Å². The lowest BCUT2D eigenvalue weighted by molar-refractivity contribution is 0.0981. The average Bonchev–Trinajstić information content (AvgIpc) is 3.02. The number of allylic oxidation sites excluding steroid dienone is 3. The fourth-order valence-electron chi connectivity index (χ4n) is 3.29. The molecular formula is C20H21ClFNO3S. The molecule has 0 saturated carbocycles. The maximum Gasteiger partial charge on any atom is 0.248 e. The number of benzene rings is 1. The van der Waals surface area contributed by atoms with Crippen LogP contribution in [0.4, 0.5) is 4.39 Å². The summed E-state index contributed by atoms with van der Waals surface area (Å²) in [4.78, 5) is 12.6. The standard InChI is InChI=1S/C20H21ClFNO3S/c1-20(11-6-7-15(22)13-20)27(25,26)23-14-17(19(24)10-4-5-12-21)16-8-2-3-9-18(16)23/h2-3,6-9,13-14H,4-5,10-12H2,1H3. The van der Waals surface area contributed by atoms with E-state index >= 15 is 0 Å². The van der Waals surface area contributed by atoms with E-state index in [-0.39, 0.29) is 12.2 Å². The minimum absolute atomic E-state index is 0.124. The topological polar surface area (TPSA) is 56.1 Å². The van der Waals surface area contributed by atoms with Gasteiger partial charge in [-0.25, -0.2) is 16.8 Å². The van der Waals surface area contributed by atoms with Gasteiger partial charge in [-0.1, -0.05) is 24.3 Å². The Bertz CT molecular complexity index is 1040. The fraction of sp³-hybridized carbons (Fsp3) is 0.350. The second kappa shape index (κ2) is 7.60. The first kappa shape index (κ1) is 19.8. The zero-order valence-electron chi connectivity index (χ0n) is 15.0. The van der Waals surface area contributed by atoms with Gasteiger partial charge in [-0.05, 0) is 44.4 Å². The number of hydrogen-bond acceptors (Lipinski definition) is 3. The molecule has 1 aromatic heterocycles. The number of unbranched alkanes of at least 4 members (excludes halogenated alkanes) is 1. The molecule has 0 spiro atoms. The normalized spacial score (nSPS) is 20.0. The zero-order chi connectivity index (χ0) is 19.7. The van der Waals surface area contributed by atoms with E-state index in [2.05, 4.69) is 0 Å². The lowest BCUT2D eigenvalue weighted by Crippen LogP contribution is -2.38. The van der Waals surface area contributed by atoms with Gasteiger partial charge in [0.1, 0.15) is 10.6 Å². The van der Waals surface area contributed by atoms with Crippen molar-refractivity contribution in [3.05, 3.63) is 60.1 Å². The second-order valence-corrected chi connectivity index (χ2v) is 9.53. The summed E-state index contributed by atoms with van der Waals surface area (Å²) in [6.45, 7) is 1.49. The Labute approximate surface area is 163 Å². The Hall–Kier alpha value is -1.92. The molecule has 7 heteroatoms. The van der Waals surface area contributed by atoms with E-state index < -0.39 is 20.6 Å². The third-order valence-corrected chi connectivity index (χ3v) is 7.41. The molecule has 4 nitrogen and oxygen atoms in total. The molecule has 0 N–H and O–H groups in total. The van der Waals surface area contributed by atoms with Crippen molar-refractivity contribution in [2.75, 3.05) is 5.88 Å². The number of alkyl halides is 1. The number of hydrogen-bond donors (Lipinski definition) is 0. The van der Waals surface area contributed by atoms with Crippen molar-refractivity contribution < 1.29 is 17.6 Å². The summed E-state index contributed by atoms with van der Waals surface area (Å²) in [5.74, 6) is -0.227. The molecule has 144 valence electrons. The summed E-state index contributed by atoms with van der Waals surface area (Å²) in [6.07, 6.45) is 7.10. The molecule has 1 aliphatic carbocycles. The number of rotatable bonds is 7. The first-order chi connectivity index (χ1) is 12.8. The first-order valence-corrected chi connectivity index (χ1v) is 10.8. The Kier molecular flexibility index (Phi) is 5.58. The van der Waals surface area contributed by atoms with Crippen LogP contribution in [0.3, 0.4) is 0 Å². The molecule has 0 radical (unpaired) electrons. The SMILES string of the molecule is CC1(S(=O)(=O)n2cc(C(=O)CCCCCl)c3ccccc32)C=C(F)C=CC1. The number of carbonyl (C=O) groups excluding carboxylic acids is 1. The average molecular weight is 410 g/mol. The van der Waals surface area contributed by atoms with Crippen LogP contribution in [0, 0.1) is 0 Å². The van der Waals surface area contributed by atoms with Crippen molar-refractivity contribution in [1.82, 2.24) is 3.97 Å². The second-order valence-electron chi connectivity index (χ2n) is 6.88. The number of ketones is 1. The van der Waals surface area contributed by atoms with E-state index in [0.717, 1.165) is 16.5 Å². The molecule has 0 saturated heterocycles. The molecule has 1 heterocycles. The number of aromatic nitrogens is 1. The summed E-state index contributed by atoms with van der Waals surface area (Å²) in [6, 6.07) is 6.87. The molecule has 1 unspecified atom stereocenters. The summed E-state index contributed by atoms with van der Waals surface area (Å²) < 4.78 is 40.2. The van der Waals surface area contributed by atoms with Crippen molar-refractivity contribution in [3.63, 3.8) is 0 Å². The van der Waals surface area contributed by atoms with Crippen molar-refractivity contribution in [2.24, 2.45) is 0 Å². The van der Waals surface area contributed by atoms with Gasteiger partial charge < -0.3 is 0 Å². The highest BCUT2D eigenvalue weighted by atomic mass is 35.5. The minimum atomic E-state index is -3.98. The van der Waals surface area contributed by atoms with Crippen LogP contribution in [0.2, 0.25) is 0 Å². The van der Waals surface area contributed by atoms with E-state index in [4.69, 9.17) is 11.6 Å². The number of fused-ring (bicyclic) bond motifs is 1. The summed E-state index contributed by atoms with van der Waals surface area (Å²) >= 11 is 5.67. The van der Waals surface area contributed by atoms with Crippen LogP contribution in [0.1, 0.15) is 43.0 Å². The van der Waals surface area contributed by atoms with E-state index in [1.807, 2.05) is 0 Å². The molecular weight excluding hydrogens is 389 g/mol.